The Bertz CT molecular complexity index is 1050. The number of likely N-dealkylation sites (N-methyl/N-ethyl adjacent to an activating group) is 1. The van der Waals surface area contributed by atoms with Gasteiger partial charge in [0.2, 0.25) is 5.95 Å². The zero-order chi connectivity index (χ0) is 21.1. The summed E-state index contributed by atoms with van der Waals surface area (Å²) in [5.74, 6) is -0.336. The van der Waals surface area contributed by atoms with Gasteiger partial charge >= 0.3 is 5.97 Å². The van der Waals surface area contributed by atoms with E-state index in [9.17, 15) is 9.90 Å². The van der Waals surface area contributed by atoms with Gasteiger partial charge in [-0.3, -0.25) is 0 Å². The van der Waals surface area contributed by atoms with E-state index in [1.165, 1.54) is 11.3 Å². The van der Waals surface area contributed by atoms with Crippen molar-refractivity contribution in [1.82, 2.24) is 19.8 Å². The van der Waals surface area contributed by atoms with E-state index in [1.807, 2.05) is 12.1 Å². The number of carboxylic acid groups (broad SMARTS) is 1. The van der Waals surface area contributed by atoms with Crippen molar-refractivity contribution < 1.29 is 9.90 Å². The summed E-state index contributed by atoms with van der Waals surface area (Å²) in [6, 6.07) is 7.23. The van der Waals surface area contributed by atoms with Crippen LogP contribution in [0.1, 0.15) is 16.8 Å². The minimum absolute atomic E-state index is 0.308. The van der Waals surface area contributed by atoms with Gasteiger partial charge in [0.1, 0.15) is 5.69 Å². The molecule has 0 spiro atoms. The van der Waals surface area contributed by atoms with E-state index < -0.39 is 5.97 Å². The maximum Gasteiger partial charge on any atom is 0.336 e. The predicted octanol–water partition coefficient (Wildman–Crippen LogP) is 3.87. The monoisotopic (exact) mass is 489 g/mol. The van der Waals surface area contributed by atoms with E-state index in [1.54, 1.807) is 18.3 Å². The quantitative estimate of drug-likeness (QED) is 0.487. The van der Waals surface area contributed by atoms with Crippen LogP contribution < -0.4 is 5.32 Å². The van der Waals surface area contributed by atoms with E-state index in [0.717, 1.165) is 70.8 Å². The molecule has 0 atom stereocenters. The molecule has 0 radical (unpaired) electrons. The Kier molecular flexibility index (Phi) is 6.62. The summed E-state index contributed by atoms with van der Waals surface area (Å²) in [4.78, 5) is 26.3. The Morgan fingerprint density at radius 3 is 2.87 bits per heavy atom. The molecular formula is C21H24BrN5O2S. The number of hydrogen-bond donors (Lipinski definition) is 2. The summed E-state index contributed by atoms with van der Waals surface area (Å²) in [6.45, 7) is 6.39. The third-order valence-electron chi connectivity index (χ3n) is 5.30. The number of nitrogens with one attached hydrogen (secondary N) is 1. The highest BCUT2D eigenvalue weighted by Gasteiger charge is 2.16. The van der Waals surface area contributed by atoms with Crippen molar-refractivity contribution in [3.63, 3.8) is 0 Å². The number of carbonyl (C=O) groups is 1. The van der Waals surface area contributed by atoms with Crippen LogP contribution in [0.5, 0.6) is 0 Å². The zero-order valence-electron chi connectivity index (χ0n) is 16.8. The van der Waals surface area contributed by atoms with E-state index in [-0.39, 0.29) is 0 Å². The Labute approximate surface area is 187 Å². The minimum atomic E-state index is -0.922. The molecule has 0 saturated carbocycles. The molecule has 1 aliphatic heterocycles. The molecule has 1 fully saturated rings. The molecule has 0 aliphatic carbocycles. The van der Waals surface area contributed by atoms with Crippen LogP contribution in [0.3, 0.4) is 0 Å². The van der Waals surface area contributed by atoms with E-state index in [0.29, 0.717) is 11.5 Å². The topological polar surface area (TPSA) is 81.6 Å². The lowest BCUT2D eigenvalue weighted by atomic mass is 10.1. The number of nitrogens with zero attached hydrogens (tertiary/aromatic N) is 4. The number of anilines is 1. The van der Waals surface area contributed by atoms with Gasteiger partial charge in [0.15, 0.2) is 0 Å². The van der Waals surface area contributed by atoms with Crippen molar-refractivity contribution >= 4 is 49.3 Å². The smallest absolute Gasteiger partial charge is 0.336 e. The number of hydrogen-bond acceptors (Lipinski definition) is 7. The fourth-order valence-corrected chi connectivity index (χ4v) is 5.19. The highest BCUT2D eigenvalue weighted by Crippen LogP contribution is 2.37. The standard InChI is InChI=1S/C21H24BrN5O2S/c1-26-8-10-27(11-9-26)7-3-6-23-21-24-13-16(22)19(25-21)18-12-15-14(20(28)29)4-2-5-17(15)30-18/h2,4-5,12-13H,3,6-11H2,1H3,(H,28,29)(H,23,24,25). The lowest BCUT2D eigenvalue weighted by Crippen LogP contribution is -2.44. The summed E-state index contributed by atoms with van der Waals surface area (Å²) in [5.41, 5.74) is 1.08. The molecule has 3 aromatic rings. The maximum absolute atomic E-state index is 11.5. The Balaban J connectivity index is 1.44. The van der Waals surface area contributed by atoms with Crippen LogP contribution in [-0.4, -0.2) is 77.2 Å². The number of rotatable bonds is 7. The fraction of sp³-hybridized carbons (Fsp3) is 0.381. The molecule has 1 aromatic carbocycles. The van der Waals surface area contributed by atoms with Gasteiger partial charge in [-0.15, -0.1) is 11.3 Å². The highest BCUT2D eigenvalue weighted by atomic mass is 79.9. The number of carboxylic acids is 1. The third kappa shape index (κ3) is 4.80. The van der Waals surface area contributed by atoms with Gasteiger partial charge in [-0.25, -0.2) is 14.8 Å². The number of fused-ring (bicyclic) bond motifs is 1. The predicted molar refractivity (Wildman–Crippen MR) is 125 cm³/mol. The molecule has 0 unspecified atom stereocenters. The molecule has 158 valence electrons. The number of piperazine rings is 1. The second kappa shape index (κ2) is 9.38. The van der Waals surface area contributed by atoms with Crippen LogP contribution in [0.25, 0.3) is 20.7 Å². The molecule has 2 N–H and O–H groups in total. The van der Waals surface area contributed by atoms with Crippen molar-refractivity contribution in [2.24, 2.45) is 0 Å². The van der Waals surface area contributed by atoms with Gasteiger partial charge in [0.05, 0.1) is 14.9 Å². The molecule has 1 saturated heterocycles. The van der Waals surface area contributed by atoms with Gasteiger partial charge in [-0.05, 0) is 54.1 Å². The lowest BCUT2D eigenvalue weighted by Gasteiger charge is -2.32. The van der Waals surface area contributed by atoms with E-state index >= 15 is 0 Å². The molecule has 4 rings (SSSR count). The number of halogens is 1. The number of thiophene rings is 1. The van der Waals surface area contributed by atoms with Gasteiger partial charge in [0.25, 0.3) is 0 Å². The maximum atomic E-state index is 11.5. The van der Waals surface area contributed by atoms with Gasteiger partial charge in [0, 0.05) is 49.0 Å². The number of benzene rings is 1. The van der Waals surface area contributed by atoms with Crippen LogP contribution in [0.4, 0.5) is 5.95 Å². The summed E-state index contributed by atoms with van der Waals surface area (Å²) in [7, 11) is 2.17. The summed E-state index contributed by atoms with van der Waals surface area (Å²) in [6.07, 6.45) is 2.77. The summed E-state index contributed by atoms with van der Waals surface area (Å²) < 4.78 is 1.71. The number of aromatic nitrogens is 2. The first-order valence-corrected chi connectivity index (χ1v) is 11.6. The zero-order valence-corrected chi connectivity index (χ0v) is 19.2. The lowest BCUT2D eigenvalue weighted by molar-refractivity contribution is 0.0699. The second-order valence-corrected chi connectivity index (χ2v) is 9.39. The van der Waals surface area contributed by atoms with Crippen molar-refractivity contribution in [3.05, 3.63) is 40.5 Å². The van der Waals surface area contributed by atoms with Crippen LogP contribution in [0.15, 0.2) is 34.9 Å². The Morgan fingerprint density at radius 1 is 1.30 bits per heavy atom. The van der Waals surface area contributed by atoms with Crippen molar-refractivity contribution in [3.8, 4) is 10.6 Å². The molecule has 1 aliphatic rings. The van der Waals surface area contributed by atoms with Crippen molar-refractivity contribution in [2.75, 3.05) is 51.6 Å². The average molecular weight is 490 g/mol. The van der Waals surface area contributed by atoms with Crippen molar-refractivity contribution in [2.45, 2.75) is 6.42 Å². The van der Waals surface area contributed by atoms with Gasteiger partial charge in [-0.1, -0.05) is 6.07 Å². The fourth-order valence-electron chi connectivity index (χ4n) is 3.56. The first kappa shape index (κ1) is 21.2. The first-order valence-electron chi connectivity index (χ1n) is 9.95. The molecular weight excluding hydrogens is 466 g/mol. The molecule has 0 amide bonds. The minimum Gasteiger partial charge on any atom is -0.478 e. The average Bonchev–Trinajstić information content (AvgIpc) is 3.17. The summed E-state index contributed by atoms with van der Waals surface area (Å²) >= 11 is 5.07. The van der Waals surface area contributed by atoms with Crippen LogP contribution in [0, 0.1) is 0 Å². The van der Waals surface area contributed by atoms with Gasteiger partial charge < -0.3 is 20.2 Å². The molecule has 0 bridgehead atoms. The molecule has 2 aromatic heterocycles. The van der Waals surface area contributed by atoms with Crippen LogP contribution in [0.2, 0.25) is 0 Å². The van der Waals surface area contributed by atoms with E-state index in [2.05, 4.69) is 48.1 Å². The van der Waals surface area contributed by atoms with E-state index in [4.69, 9.17) is 0 Å². The number of aromatic carboxylic acids is 1. The Hall–Kier alpha value is -2.07. The van der Waals surface area contributed by atoms with Crippen LogP contribution in [-0.2, 0) is 0 Å². The molecule has 9 heteroatoms. The highest BCUT2D eigenvalue weighted by molar-refractivity contribution is 9.10. The van der Waals surface area contributed by atoms with Crippen LogP contribution >= 0.6 is 27.3 Å². The normalized spacial score (nSPS) is 15.5. The second-order valence-electron chi connectivity index (χ2n) is 7.45. The SMILES string of the molecule is CN1CCN(CCCNc2ncc(Br)c(-c3cc4c(C(=O)O)cccc4s3)n2)CC1. The largest absolute Gasteiger partial charge is 0.478 e. The molecule has 3 heterocycles. The Morgan fingerprint density at radius 2 is 2.10 bits per heavy atom. The third-order valence-corrected chi connectivity index (χ3v) is 6.99. The van der Waals surface area contributed by atoms with Gasteiger partial charge in [-0.2, -0.15) is 0 Å². The molecule has 7 nitrogen and oxygen atoms in total. The molecule has 30 heavy (non-hydrogen) atoms. The summed E-state index contributed by atoms with van der Waals surface area (Å²) in [5, 5.41) is 13.5. The first-order chi connectivity index (χ1) is 14.5. The van der Waals surface area contributed by atoms with Crippen molar-refractivity contribution in [1.29, 1.82) is 0 Å².